The van der Waals surface area contributed by atoms with E-state index in [2.05, 4.69) is 46.5 Å². The summed E-state index contributed by atoms with van der Waals surface area (Å²) in [4.78, 5) is 24.6. The zero-order chi connectivity index (χ0) is 24.7. The molecule has 3 aromatic heterocycles. The third-order valence-corrected chi connectivity index (χ3v) is 6.35. The fraction of sp³-hybridized carbons (Fsp3) is 0.240. The lowest BCUT2D eigenvalue weighted by molar-refractivity contribution is 0.0384. The molecule has 9 nitrogen and oxygen atoms in total. The maximum absolute atomic E-state index is 6.32. The van der Waals surface area contributed by atoms with Gasteiger partial charge >= 0.3 is 0 Å². The summed E-state index contributed by atoms with van der Waals surface area (Å²) in [6, 6.07) is 11.1. The van der Waals surface area contributed by atoms with Crippen molar-refractivity contribution in [2.75, 3.05) is 43.5 Å². The maximum Gasteiger partial charge on any atom is 0.158 e. The molecule has 5 rings (SSSR count). The van der Waals surface area contributed by atoms with Crippen molar-refractivity contribution in [2.45, 2.75) is 6.42 Å². The number of ether oxygens (including phenoxy) is 1. The van der Waals surface area contributed by atoms with E-state index in [1.807, 2.05) is 12.3 Å². The van der Waals surface area contributed by atoms with Crippen LogP contribution in [0.1, 0.15) is 5.56 Å². The molecule has 1 aliphatic heterocycles. The average Bonchev–Trinajstić information content (AvgIpc) is 2.91. The first-order valence-corrected chi connectivity index (χ1v) is 12.3. The first kappa shape index (κ1) is 24.3. The van der Waals surface area contributed by atoms with Gasteiger partial charge in [0, 0.05) is 44.3 Å². The van der Waals surface area contributed by atoms with E-state index >= 15 is 0 Å². The Morgan fingerprint density at radius 3 is 2.44 bits per heavy atom. The Morgan fingerprint density at radius 2 is 1.67 bits per heavy atom. The van der Waals surface area contributed by atoms with Gasteiger partial charge in [0.15, 0.2) is 5.82 Å². The van der Waals surface area contributed by atoms with E-state index < -0.39 is 0 Å². The average molecular weight is 523 g/mol. The number of benzene rings is 1. The fourth-order valence-electron chi connectivity index (χ4n) is 3.80. The summed E-state index contributed by atoms with van der Waals surface area (Å²) in [6.07, 6.45) is 7.49. The Labute approximate surface area is 218 Å². The van der Waals surface area contributed by atoms with E-state index in [9.17, 15) is 0 Å². The summed E-state index contributed by atoms with van der Waals surface area (Å²) >= 11 is 12.6. The van der Waals surface area contributed by atoms with Crippen LogP contribution in [0.25, 0.3) is 11.4 Å². The molecule has 0 aliphatic carbocycles. The lowest BCUT2D eigenvalue weighted by Crippen LogP contribution is -2.37. The highest BCUT2D eigenvalue weighted by molar-refractivity contribution is 6.39. The lowest BCUT2D eigenvalue weighted by atomic mass is 10.2. The summed E-state index contributed by atoms with van der Waals surface area (Å²) in [7, 11) is 0. The lowest BCUT2D eigenvalue weighted by Gasteiger charge is -2.26. The van der Waals surface area contributed by atoms with Crippen LogP contribution in [0.3, 0.4) is 0 Å². The molecule has 36 heavy (non-hydrogen) atoms. The van der Waals surface area contributed by atoms with Crippen LogP contribution in [-0.2, 0) is 11.2 Å². The van der Waals surface area contributed by atoms with Gasteiger partial charge in [0.05, 0.1) is 34.6 Å². The van der Waals surface area contributed by atoms with E-state index in [1.54, 1.807) is 36.7 Å². The molecule has 0 atom stereocenters. The third-order valence-electron chi connectivity index (χ3n) is 5.72. The van der Waals surface area contributed by atoms with Crippen LogP contribution < -0.4 is 10.6 Å². The van der Waals surface area contributed by atoms with Gasteiger partial charge in [0.25, 0.3) is 0 Å². The monoisotopic (exact) mass is 522 g/mol. The number of aromatic nitrogens is 5. The Bertz CT molecular complexity index is 1300. The van der Waals surface area contributed by atoms with Crippen LogP contribution in [0.15, 0.2) is 61.3 Å². The first-order valence-electron chi connectivity index (χ1n) is 11.5. The number of pyridine rings is 1. The predicted molar refractivity (Wildman–Crippen MR) is 141 cm³/mol. The van der Waals surface area contributed by atoms with Gasteiger partial charge in [-0.05, 0) is 30.2 Å². The standard InChI is InChI=1S/C25H24Cl2N8O/c26-18-2-1-3-19(27)23(18)34-25-24(28-7-8-29-25)20-14-22(32-16-31-20)33-21-5-4-17(15-30-21)6-9-35-10-12-36-13-11-35/h1-5,7-8,14-16H,6,9-13H2,(H,29,34)(H,30,31,32,33). The summed E-state index contributed by atoms with van der Waals surface area (Å²) in [6.45, 7) is 4.58. The minimum Gasteiger partial charge on any atom is -0.379 e. The predicted octanol–water partition coefficient (Wildman–Crippen LogP) is 5.00. The van der Waals surface area contributed by atoms with Crippen LogP contribution in [0.5, 0.6) is 0 Å². The molecule has 1 aliphatic rings. The number of hydrogen-bond donors (Lipinski definition) is 2. The molecule has 0 amide bonds. The zero-order valence-electron chi connectivity index (χ0n) is 19.4. The molecule has 11 heteroatoms. The molecule has 4 aromatic rings. The Kier molecular flexibility index (Phi) is 7.82. The van der Waals surface area contributed by atoms with Gasteiger partial charge in [-0.2, -0.15) is 0 Å². The van der Waals surface area contributed by atoms with Crippen LogP contribution >= 0.6 is 23.2 Å². The van der Waals surface area contributed by atoms with E-state index in [0.717, 1.165) is 39.3 Å². The Morgan fingerprint density at radius 1 is 0.861 bits per heavy atom. The van der Waals surface area contributed by atoms with E-state index in [0.29, 0.717) is 44.6 Å². The molecular weight excluding hydrogens is 499 g/mol. The van der Waals surface area contributed by atoms with Crippen LogP contribution in [0, 0.1) is 0 Å². The molecule has 1 fully saturated rings. The quantitative estimate of drug-likeness (QED) is 0.331. The highest BCUT2D eigenvalue weighted by atomic mass is 35.5. The molecule has 1 saturated heterocycles. The largest absolute Gasteiger partial charge is 0.379 e. The van der Waals surface area contributed by atoms with Crippen molar-refractivity contribution < 1.29 is 4.74 Å². The van der Waals surface area contributed by atoms with E-state index in [-0.39, 0.29) is 0 Å². The van der Waals surface area contributed by atoms with Gasteiger partial charge in [0.2, 0.25) is 0 Å². The van der Waals surface area contributed by atoms with Gasteiger partial charge in [-0.1, -0.05) is 35.3 Å². The molecule has 184 valence electrons. The molecule has 0 radical (unpaired) electrons. The number of morpholine rings is 1. The number of rotatable bonds is 8. The summed E-state index contributed by atoms with van der Waals surface area (Å²) < 4.78 is 5.41. The van der Waals surface area contributed by atoms with Gasteiger partial charge in [0.1, 0.15) is 23.7 Å². The summed E-state index contributed by atoms with van der Waals surface area (Å²) in [5, 5.41) is 7.36. The van der Waals surface area contributed by atoms with Crippen LogP contribution in [0.4, 0.5) is 23.1 Å². The zero-order valence-corrected chi connectivity index (χ0v) is 20.9. The van der Waals surface area contributed by atoms with Crippen molar-refractivity contribution in [3.05, 3.63) is 76.9 Å². The summed E-state index contributed by atoms with van der Waals surface area (Å²) in [5.41, 5.74) is 2.84. The summed E-state index contributed by atoms with van der Waals surface area (Å²) in [5.74, 6) is 1.75. The molecule has 0 bridgehead atoms. The second-order valence-corrected chi connectivity index (χ2v) is 8.96. The normalized spacial score (nSPS) is 13.9. The fourth-order valence-corrected chi connectivity index (χ4v) is 4.29. The topological polar surface area (TPSA) is 101 Å². The van der Waals surface area contributed by atoms with E-state index in [4.69, 9.17) is 27.9 Å². The SMILES string of the molecule is Clc1cccc(Cl)c1Nc1nccnc1-c1cc(Nc2ccc(CCN3CCOCC3)cn2)ncn1. The Hall–Kier alpha value is -3.37. The minimum absolute atomic E-state index is 0.472. The van der Waals surface area contributed by atoms with Crippen molar-refractivity contribution in [3.8, 4) is 11.4 Å². The number of hydrogen-bond acceptors (Lipinski definition) is 9. The molecule has 4 heterocycles. The van der Waals surface area contributed by atoms with Gasteiger partial charge < -0.3 is 15.4 Å². The minimum atomic E-state index is 0.472. The van der Waals surface area contributed by atoms with Gasteiger partial charge in [-0.25, -0.2) is 24.9 Å². The van der Waals surface area contributed by atoms with Crippen LogP contribution in [0.2, 0.25) is 10.0 Å². The Balaban J connectivity index is 1.29. The molecule has 0 unspecified atom stereocenters. The van der Waals surface area contributed by atoms with Gasteiger partial charge in [-0.15, -0.1) is 0 Å². The van der Waals surface area contributed by atoms with Gasteiger partial charge in [-0.3, -0.25) is 4.90 Å². The maximum atomic E-state index is 6.32. The van der Waals surface area contributed by atoms with Crippen molar-refractivity contribution in [1.29, 1.82) is 0 Å². The first-order chi connectivity index (χ1) is 17.7. The van der Waals surface area contributed by atoms with E-state index in [1.165, 1.54) is 11.9 Å². The number of halogens is 2. The molecular formula is C25H24Cl2N8O. The number of para-hydroxylation sites is 1. The number of nitrogens with zero attached hydrogens (tertiary/aromatic N) is 6. The highest BCUT2D eigenvalue weighted by Crippen LogP contribution is 2.34. The molecule has 0 spiro atoms. The van der Waals surface area contributed by atoms with Crippen molar-refractivity contribution in [2.24, 2.45) is 0 Å². The second-order valence-electron chi connectivity index (χ2n) is 8.14. The number of anilines is 4. The highest BCUT2D eigenvalue weighted by Gasteiger charge is 2.14. The smallest absolute Gasteiger partial charge is 0.158 e. The third kappa shape index (κ3) is 6.06. The second kappa shape index (κ2) is 11.6. The van der Waals surface area contributed by atoms with Crippen molar-refractivity contribution in [3.63, 3.8) is 0 Å². The van der Waals surface area contributed by atoms with Crippen molar-refractivity contribution in [1.82, 2.24) is 29.8 Å². The van der Waals surface area contributed by atoms with Crippen molar-refractivity contribution >= 4 is 46.3 Å². The number of nitrogens with one attached hydrogen (secondary N) is 2. The molecule has 1 aromatic carbocycles. The molecule has 2 N–H and O–H groups in total. The van der Waals surface area contributed by atoms with Crippen LogP contribution in [-0.4, -0.2) is 62.7 Å². The molecule has 0 saturated carbocycles.